The predicted octanol–water partition coefficient (Wildman–Crippen LogP) is 2.13. The topological polar surface area (TPSA) is 46.5 Å². The lowest BCUT2D eigenvalue weighted by molar-refractivity contribution is 0.0524. The largest absolute Gasteiger partial charge is 0.508 e. The van der Waals surface area contributed by atoms with Gasteiger partial charge >= 0.3 is 5.97 Å². The summed E-state index contributed by atoms with van der Waals surface area (Å²) in [6.07, 6.45) is 0.612. The number of hydrogen-bond donors (Lipinski definition) is 1. The molecular formula is C11H14O3. The molecular weight excluding hydrogens is 180 g/mol. The predicted molar refractivity (Wildman–Crippen MR) is 53.4 cm³/mol. The van der Waals surface area contributed by atoms with Gasteiger partial charge in [0, 0.05) is 5.56 Å². The van der Waals surface area contributed by atoms with Crippen molar-refractivity contribution in [2.75, 3.05) is 6.61 Å². The minimum atomic E-state index is -0.375. The van der Waals surface area contributed by atoms with Gasteiger partial charge in [-0.15, -0.1) is 0 Å². The highest BCUT2D eigenvalue weighted by Gasteiger charge is 2.13. The van der Waals surface area contributed by atoms with Gasteiger partial charge in [-0.05, 0) is 25.5 Å². The van der Waals surface area contributed by atoms with Crippen molar-refractivity contribution >= 4 is 5.97 Å². The van der Waals surface area contributed by atoms with Crippen LogP contribution in [0.5, 0.6) is 5.75 Å². The van der Waals surface area contributed by atoms with Crippen LogP contribution in [0.15, 0.2) is 18.2 Å². The van der Waals surface area contributed by atoms with E-state index in [1.165, 1.54) is 0 Å². The fourth-order valence-corrected chi connectivity index (χ4v) is 1.35. The molecule has 1 N–H and O–H groups in total. The van der Waals surface area contributed by atoms with Crippen molar-refractivity contribution in [3.05, 3.63) is 29.3 Å². The smallest absolute Gasteiger partial charge is 0.338 e. The Hall–Kier alpha value is -1.51. The third kappa shape index (κ3) is 2.05. The van der Waals surface area contributed by atoms with E-state index >= 15 is 0 Å². The molecule has 1 rings (SSSR count). The Morgan fingerprint density at radius 1 is 1.43 bits per heavy atom. The second-order valence-corrected chi connectivity index (χ2v) is 2.88. The van der Waals surface area contributed by atoms with E-state index in [-0.39, 0.29) is 11.7 Å². The van der Waals surface area contributed by atoms with E-state index in [0.717, 1.165) is 0 Å². The van der Waals surface area contributed by atoms with Crippen LogP contribution in [0.1, 0.15) is 29.8 Å². The second kappa shape index (κ2) is 4.65. The number of phenols is 1. The highest BCUT2D eigenvalue weighted by Crippen LogP contribution is 2.22. The number of rotatable bonds is 3. The van der Waals surface area contributed by atoms with Crippen LogP contribution in [0.2, 0.25) is 0 Å². The fourth-order valence-electron chi connectivity index (χ4n) is 1.35. The van der Waals surface area contributed by atoms with Crippen molar-refractivity contribution in [3.63, 3.8) is 0 Å². The molecule has 0 atom stereocenters. The first-order chi connectivity index (χ1) is 6.70. The summed E-state index contributed by atoms with van der Waals surface area (Å²) in [5.41, 5.74) is 1.10. The van der Waals surface area contributed by atoms with E-state index in [4.69, 9.17) is 4.74 Å². The van der Waals surface area contributed by atoms with Crippen LogP contribution in [0.4, 0.5) is 0 Å². The lowest BCUT2D eigenvalue weighted by Gasteiger charge is -2.08. The third-order valence-electron chi connectivity index (χ3n) is 2.00. The Bertz CT molecular complexity index is 331. The lowest BCUT2D eigenvalue weighted by atomic mass is 10.0. The molecule has 0 saturated heterocycles. The molecule has 1 aromatic rings. The molecule has 0 aromatic heterocycles. The van der Waals surface area contributed by atoms with Gasteiger partial charge in [-0.2, -0.15) is 0 Å². The van der Waals surface area contributed by atoms with Crippen molar-refractivity contribution in [3.8, 4) is 5.75 Å². The van der Waals surface area contributed by atoms with Gasteiger partial charge in [0.05, 0.1) is 12.2 Å². The molecule has 0 radical (unpaired) electrons. The summed E-state index contributed by atoms with van der Waals surface area (Å²) in [5, 5.41) is 9.50. The summed E-state index contributed by atoms with van der Waals surface area (Å²) in [6, 6.07) is 4.87. The Labute approximate surface area is 83.3 Å². The third-order valence-corrected chi connectivity index (χ3v) is 2.00. The first kappa shape index (κ1) is 10.6. The monoisotopic (exact) mass is 194 g/mol. The van der Waals surface area contributed by atoms with Gasteiger partial charge in [-0.25, -0.2) is 4.79 Å². The van der Waals surface area contributed by atoms with Crippen molar-refractivity contribution in [2.45, 2.75) is 20.3 Å². The average molecular weight is 194 g/mol. The number of esters is 1. The van der Waals surface area contributed by atoms with E-state index < -0.39 is 0 Å². The number of aromatic hydroxyl groups is 1. The summed E-state index contributed by atoms with van der Waals surface area (Å²) >= 11 is 0. The van der Waals surface area contributed by atoms with Crippen molar-refractivity contribution < 1.29 is 14.6 Å². The van der Waals surface area contributed by atoms with Gasteiger partial charge in [0.15, 0.2) is 0 Å². The number of ether oxygens (including phenoxy) is 1. The molecule has 14 heavy (non-hydrogen) atoms. The molecule has 0 spiro atoms. The number of phenolic OH excluding ortho intramolecular Hbond substituents is 1. The van der Waals surface area contributed by atoms with Crippen molar-refractivity contribution in [2.24, 2.45) is 0 Å². The van der Waals surface area contributed by atoms with Gasteiger partial charge in [-0.1, -0.05) is 13.0 Å². The molecule has 0 heterocycles. The van der Waals surface area contributed by atoms with E-state index in [0.29, 0.717) is 24.2 Å². The summed E-state index contributed by atoms with van der Waals surface area (Å²) in [7, 11) is 0. The molecule has 0 unspecified atom stereocenters. The Balaban J connectivity index is 3.07. The highest BCUT2D eigenvalue weighted by atomic mass is 16.5. The van der Waals surface area contributed by atoms with Crippen LogP contribution in [0.25, 0.3) is 0 Å². The number of benzene rings is 1. The summed E-state index contributed by atoms with van der Waals surface area (Å²) in [6.45, 7) is 3.99. The first-order valence-corrected chi connectivity index (χ1v) is 4.68. The molecule has 0 bridgehead atoms. The van der Waals surface area contributed by atoms with Crippen LogP contribution in [0.3, 0.4) is 0 Å². The van der Waals surface area contributed by atoms with Crippen LogP contribution in [-0.4, -0.2) is 17.7 Å². The molecule has 0 aliphatic rings. The van der Waals surface area contributed by atoms with Gasteiger partial charge in [0.25, 0.3) is 0 Å². The Morgan fingerprint density at radius 3 is 2.71 bits per heavy atom. The zero-order valence-corrected chi connectivity index (χ0v) is 8.41. The Kier molecular flexibility index (Phi) is 3.51. The van der Waals surface area contributed by atoms with E-state index in [1.54, 1.807) is 25.1 Å². The zero-order valence-electron chi connectivity index (χ0n) is 8.41. The van der Waals surface area contributed by atoms with Crippen molar-refractivity contribution in [1.29, 1.82) is 0 Å². The van der Waals surface area contributed by atoms with Crippen LogP contribution >= 0.6 is 0 Å². The van der Waals surface area contributed by atoms with E-state index in [9.17, 15) is 9.90 Å². The van der Waals surface area contributed by atoms with Gasteiger partial charge in [0.2, 0.25) is 0 Å². The lowest BCUT2D eigenvalue weighted by Crippen LogP contribution is -2.07. The summed E-state index contributed by atoms with van der Waals surface area (Å²) < 4.78 is 4.88. The second-order valence-electron chi connectivity index (χ2n) is 2.88. The number of hydrogen-bond acceptors (Lipinski definition) is 3. The maximum atomic E-state index is 11.4. The molecule has 0 aliphatic heterocycles. The minimum absolute atomic E-state index is 0.151. The standard InChI is InChI=1S/C11H14O3/c1-3-8-9(11(13)14-4-2)6-5-7-10(8)12/h5-7,12H,3-4H2,1-2H3. The van der Waals surface area contributed by atoms with Gasteiger partial charge in [0.1, 0.15) is 5.75 Å². The van der Waals surface area contributed by atoms with E-state index in [1.807, 2.05) is 6.92 Å². The van der Waals surface area contributed by atoms with Crippen molar-refractivity contribution in [1.82, 2.24) is 0 Å². The first-order valence-electron chi connectivity index (χ1n) is 4.68. The van der Waals surface area contributed by atoms with Crippen LogP contribution in [-0.2, 0) is 11.2 Å². The Morgan fingerprint density at radius 2 is 2.14 bits per heavy atom. The molecule has 3 heteroatoms. The molecule has 0 amide bonds. The highest BCUT2D eigenvalue weighted by molar-refractivity contribution is 5.91. The molecule has 3 nitrogen and oxygen atoms in total. The molecule has 0 saturated carbocycles. The minimum Gasteiger partial charge on any atom is -0.508 e. The number of carbonyl (C=O) groups excluding carboxylic acids is 1. The SMILES string of the molecule is CCOC(=O)c1cccc(O)c1CC. The molecule has 0 fully saturated rings. The van der Waals surface area contributed by atoms with Gasteiger partial charge in [-0.3, -0.25) is 0 Å². The molecule has 0 aliphatic carbocycles. The van der Waals surface area contributed by atoms with E-state index in [2.05, 4.69) is 0 Å². The quantitative estimate of drug-likeness (QED) is 0.750. The van der Waals surface area contributed by atoms with Crippen LogP contribution in [0, 0.1) is 0 Å². The molecule has 1 aromatic carbocycles. The normalized spacial score (nSPS) is 9.86. The summed E-state index contributed by atoms with van der Waals surface area (Å²) in [4.78, 5) is 11.4. The number of carbonyl (C=O) groups is 1. The maximum Gasteiger partial charge on any atom is 0.338 e. The fraction of sp³-hybridized carbons (Fsp3) is 0.364. The van der Waals surface area contributed by atoms with Gasteiger partial charge < -0.3 is 9.84 Å². The summed E-state index contributed by atoms with van der Waals surface area (Å²) in [5.74, 6) is -0.224. The average Bonchev–Trinajstić information content (AvgIpc) is 2.17. The molecule has 76 valence electrons. The van der Waals surface area contributed by atoms with Crippen LogP contribution < -0.4 is 0 Å². The maximum absolute atomic E-state index is 11.4. The zero-order chi connectivity index (χ0) is 10.6.